The van der Waals surface area contributed by atoms with Crippen LogP contribution in [0.2, 0.25) is 0 Å². The molecule has 8 nitrogen and oxygen atoms in total. The maximum Gasteiger partial charge on any atom is 0.342 e. The van der Waals surface area contributed by atoms with Gasteiger partial charge in [0.2, 0.25) is 5.82 Å². The van der Waals surface area contributed by atoms with Gasteiger partial charge in [-0.2, -0.15) is 0 Å². The van der Waals surface area contributed by atoms with E-state index in [0.29, 0.717) is 6.61 Å². The van der Waals surface area contributed by atoms with Gasteiger partial charge in [-0.15, -0.1) is 5.10 Å². The molecule has 1 rings (SSSR count). The van der Waals surface area contributed by atoms with Crippen molar-refractivity contribution in [1.29, 1.82) is 0 Å². The van der Waals surface area contributed by atoms with Gasteiger partial charge in [-0.1, -0.05) is 13.8 Å². The van der Waals surface area contributed by atoms with Gasteiger partial charge in [0.05, 0.1) is 6.61 Å². The minimum Gasteiger partial charge on any atom is -0.464 e. The zero-order valence-electron chi connectivity index (χ0n) is 10.4. The molecule has 0 aliphatic heterocycles. The lowest BCUT2D eigenvalue weighted by atomic mass is 10.2. The van der Waals surface area contributed by atoms with E-state index in [1.165, 1.54) is 6.92 Å². The highest BCUT2D eigenvalue weighted by atomic mass is 16.5. The van der Waals surface area contributed by atoms with Crippen molar-refractivity contribution in [1.82, 2.24) is 15.2 Å². The van der Waals surface area contributed by atoms with Gasteiger partial charge in [-0.05, 0) is 12.8 Å². The zero-order chi connectivity index (χ0) is 13.7. The lowest BCUT2D eigenvalue weighted by Gasteiger charge is -2.13. The van der Waals surface area contributed by atoms with Crippen LogP contribution in [0.4, 0.5) is 5.82 Å². The summed E-state index contributed by atoms with van der Waals surface area (Å²) in [5, 5.41) is 8.12. The summed E-state index contributed by atoms with van der Waals surface area (Å²) in [6.45, 7) is 5.67. The number of rotatable bonds is 5. The number of anilines is 1. The average Bonchev–Trinajstić information content (AvgIpc) is 2.29. The van der Waals surface area contributed by atoms with Crippen LogP contribution < -0.4 is 16.6 Å². The van der Waals surface area contributed by atoms with Crippen molar-refractivity contribution < 1.29 is 9.53 Å². The minimum absolute atomic E-state index is 0.136. The Kier molecular flexibility index (Phi) is 4.64. The molecule has 0 amide bonds. The molecule has 0 aliphatic rings. The molecule has 0 radical (unpaired) electrons. The van der Waals surface area contributed by atoms with Crippen molar-refractivity contribution in [2.75, 3.05) is 11.9 Å². The smallest absolute Gasteiger partial charge is 0.342 e. The van der Waals surface area contributed by atoms with Gasteiger partial charge in [0.1, 0.15) is 6.04 Å². The molecule has 0 saturated heterocycles. The number of carbonyl (C=O) groups is 1. The van der Waals surface area contributed by atoms with Gasteiger partial charge >= 0.3 is 11.7 Å². The van der Waals surface area contributed by atoms with Crippen molar-refractivity contribution in [3.05, 3.63) is 20.8 Å². The Morgan fingerprint density at radius 2 is 2.06 bits per heavy atom. The van der Waals surface area contributed by atoms with E-state index >= 15 is 0 Å². The summed E-state index contributed by atoms with van der Waals surface area (Å²) in [6.07, 6.45) is 0. The molecule has 0 bridgehead atoms. The average molecular weight is 256 g/mol. The molecule has 0 saturated carbocycles. The van der Waals surface area contributed by atoms with E-state index in [-0.39, 0.29) is 11.7 Å². The van der Waals surface area contributed by atoms with E-state index in [1.54, 1.807) is 0 Å². The largest absolute Gasteiger partial charge is 0.464 e. The van der Waals surface area contributed by atoms with E-state index in [4.69, 9.17) is 4.74 Å². The Hall–Kier alpha value is -2.12. The molecule has 0 fully saturated rings. The molecule has 8 heteroatoms. The quantitative estimate of drug-likeness (QED) is 0.609. The summed E-state index contributed by atoms with van der Waals surface area (Å²) in [5.41, 5.74) is -1.40. The van der Waals surface area contributed by atoms with Crippen molar-refractivity contribution in [3.8, 4) is 0 Å². The SMILES string of the molecule is CC(C)COC(=O)C(C)Nc1n[nH]c(=O)[nH]c1=O. The molecular formula is C10H16N4O4. The van der Waals surface area contributed by atoms with Gasteiger partial charge in [0.15, 0.2) is 0 Å². The Balaban J connectivity index is 2.64. The van der Waals surface area contributed by atoms with E-state index < -0.39 is 23.3 Å². The highest BCUT2D eigenvalue weighted by Crippen LogP contribution is 1.99. The highest BCUT2D eigenvalue weighted by molar-refractivity contribution is 5.78. The lowest BCUT2D eigenvalue weighted by Crippen LogP contribution is -2.34. The van der Waals surface area contributed by atoms with Gasteiger partial charge in [-0.3, -0.25) is 9.78 Å². The Bertz CT molecular complexity index is 519. The first-order valence-corrected chi connectivity index (χ1v) is 5.52. The summed E-state index contributed by atoms with van der Waals surface area (Å²) < 4.78 is 4.99. The Morgan fingerprint density at radius 3 is 2.61 bits per heavy atom. The standard InChI is InChI=1S/C10H16N4O4/c1-5(2)4-18-9(16)6(3)11-7-8(15)12-10(17)14-13-7/h5-6H,4H2,1-3H3,(H,11,13)(H2,12,14,15,17). The van der Waals surface area contributed by atoms with Crippen LogP contribution in [-0.4, -0.2) is 33.8 Å². The van der Waals surface area contributed by atoms with Gasteiger partial charge in [-0.25, -0.2) is 14.7 Å². The number of carbonyl (C=O) groups excluding carboxylic acids is 1. The maximum absolute atomic E-state index is 11.5. The van der Waals surface area contributed by atoms with Crippen molar-refractivity contribution in [2.45, 2.75) is 26.8 Å². The number of aromatic amines is 2. The number of aromatic nitrogens is 3. The minimum atomic E-state index is -0.733. The molecular weight excluding hydrogens is 240 g/mol. The van der Waals surface area contributed by atoms with Crippen molar-refractivity contribution >= 4 is 11.8 Å². The van der Waals surface area contributed by atoms with E-state index in [0.717, 1.165) is 0 Å². The predicted octanol–water partition coefficient (Wildman–Crippen LogP) is -0.542. The molecule has 1 unspecified atom stereocenters. The molecule has 100 valence electrons. The van der Waals surface area contributed by atoms with Crippen LogP contribution >= 0.6 is 0 Å². The first-order chi connectivity index (χ1) is 8.40. The number of hydrogen-bond donors (Lipinski definition) is 3. The first-order valence-electron chi connectivity index (χ1n) is 5.52. The maximum atomic E-state index is 11.5. The van der Waals surface area contributed by atoms with E-state index in [2.05, 4.69) is 15.5 Å². The summed E-state index contributed by atoms with van der Waals surface area (Å²) in [5.74, 6) is -0.393. The van der Waals surface area contributed by atoms with Crippen LogP contribution in [0, 0.1) is 5.92 Å². The molecule has 1 atom stereocenters. The second-order valence-corrected chi connectivity index (χ2v) is 4.25. The fraction of sp³-hybridized carbons (Fsp3) is 0.600. The Labute approximate surface area is 103 Å². The number of nitrogens with zero attached hydrogens (tertiary/aromatic N) is 1. The molecule has 1 aromatic rings. The van der Waals surface area contributed by atoms with Crippen LogP contribution in [0.25, 0.3) is 0 Å². The number of hydrogen-bond acceptors (Lipinski definition) is 6. The molecule has 0 aliphatic carbocycles. The highest BCUT2D eigenvalue weighted by Gasteiger charge is 2.16. The summed E-state index contributed by atoms with van der Waals surface area (Å²) in [6, 6.07) is -0.733. The van der Waals surface area contributed by atoms with Gasteiger partial charge in [0, 0.05) is 0 Å². The number of ether oxygens (including phenoxy) is 1. The summed E-state index contributed by atoms with van der Waals surface area (Å²) in [4.78, 5) is 35.6. The molecule has 0 spiro atoms. The summed E-state index contributed by atoms with van der Waals surface area (Å²) >= 11 is 0. The second kappa shape index (κ2) is 5.99. The predicted molar refractivity (Wildman–Crippen MR) is 64.4 cm³/mol. The van der Waals surface area contributed by atoms with Crippen LogP contribution in [0.15, 0.2) is 9.59 Å². The topological polar surface area (TPSA) is 117 Å². The third kappa shape index (κ3) is 4.04. The summed E-state index contributed by atoms with van der Waals surface area (Å²) in [7, 11) is 0. The fourth-order valence-corrected chi connectivity index (χ4v) is 1.08. The lowest BCUT2D eigenvalue weighted by molar-refractivity contribution is -0.145. The van der Waals surface area contributed by atoms with Gasteiger partial charge in [0.25, 0.3) is 5.56 Å². The molecule has 18 heavy (non-hydrogen) atoms. The number of esters is 1. The normalized spacial score (nSPS) is 12.2. The third-order valence-electron chi connectivity index (χ3n) is 1.98. The Morgan fingerprint density at radius 1 is 1.39 bits per heavy atom. The third-order valence-corrected chi connectivity index (χ3v) is 1.98. The zero-order valence-corrected chi connectivity index (χ0v) is 10.4. The second-order valence-electron chi connectivity index (χ2n) is 4.25. The fourth-order valence-electron chi connectivity index (χ4n) is 1.08. The first kappa shape index (κ1) is 13.9. The molecule has 1 heterocycles. The van der Waals surface area contributed by atoms with Crippen LogP contribution in [0.3, 0.4) is 0 Å². The van der Waals surface area contributed by atoms with Crippen LogP contribution in [0.1, 0.15) is 20.8 Å². The van der Waals surface area contributed by atoms with E-state index in [1.807, 2.05) is 18.8 Å². The molecule has 0 aromatic carbocycles. The van der Waals surface area contributed by atoms with Crippen molar-refractivity contribution in [3.63, 3.8) is 0 Å². The van der Waals surface area contributed by atoms with Crippen molar-refractivity contribution in [2.24, 2.45) is 5.92 Å². The number of H-pyrrole nitrogens is 2. The van der Waals surface area contributed by atoms with Gasteiger partial charge < -0.3 is 10.1 Å². The monoisotopic (exact) mass is 256 g/mol. The van der Waals surface area contributed by atoms with E-state index in [9.17, 15) is 14.4 Å². The van der Waals surface area contributed by atoms with Crippen LogP contribution in [0.5, 0.6) is 0 Å². The molecule has 3 N–H and O–H groups in total. The van der Waals surface area contributed by atoms with Crippen LogP contribution in [-0.2, 0) is 9.53 Å². The molecule has 1 aromatic heterocycles. The number of nitrogens with one attached hydrogen (secondary N) is 3.